The maximum atomic E-state index is 10.2. The highest BCUT2D eigenvalue weighted by Crippen LogP contribution is 2.36. The number of rotatable bonds is 5. The zero-order valence-corrected chi connectivity index (χ0v) is 12.3. The van der Waals surface area contributed by atoms with Crippen molar-refractivity contribution in [3.63, 3.8) is 0 Å². The summed E-state index contributed by atoms with van der Waals surface area (Å²) in [5, 5.41) is 14.0. The van der Waals surface area contributed by atoms with Crippen LogP contribution in [0.5, 0.6) is 5.75 Å². The van der Waals surface area contributed by atoms with Crippen molar-refractivity contribution < 1.29 is 5.11 Å². The molecule has 1 aliphatic rings. The highest BCUT2D eigenvalue weighted by molar-refractivity contribution is 6.32. The summed E-state index contributed by atoms with van der Waals surface area (Å²) in [6.07, 6.45) is 3.41. The van der Waals surface area contributed by atoms with Gasteiger partial charge >= 0.3 is 0 Å². The van der Waals surface area contributed by atoms with Crippen LogP contribution in [0.25, 0.3) is 0 Å². The Hall–Kier alpha value is -0.770. The minimum Gasteiger partial charge on any atom is -0.506 e. The second-order valence-electron chi connectivity index (χ2n) is 5.12. The molecule has 0 saturated carbocycles. The van der Waals surface area contributed by atoms with Crippen molar-refractivity contribution in [1.29, 1.82) is 0 Å². The molecule has 0 spiro atoms. The molecule has 1 aliphatic heterocycles. The Morgan fingerprint density at radius 3 is 2.79 bits per heavy atom. The average molecular weight is 283 g/mol. The molecule has 0 unspecified atom stereocenters. The number of aromatic hydroxyl groups is 1. The van der Waals surface area contributed by atoms with Gasteiger partial charge in [0.15, 0.2) is 0 Å². The molecule has 0 radical (unpaired) electrons. The molecule has 1 fully saturated rings. The maximum Gasteiger partial charge on any atom is 0.138 e. The van der Waals surface area contributed by atoms with Gasteiger partial charge in [-0.2, -0.15) is 0 Å². The van der Waals surface area contributed by atoms with Gasteiger partial charge in [-0.05, 0) is 12.5 Å². The summed E-state index contributed by atoms with van der Waals surface area (Å²) >= 11 is 6.05. The summed E-state index contributed by atoms with van der Waals surface area (Å²) in [5.41, 5.74) is 0.975. The van der Waals surface area contributed by atoms with Crippen molar-refractivity contribution in [2.24, 2.45) is 0 Å². The summed E-state index contributed by atoms with van der Waals surface area (Å²) in [6, 6.07) is 5.96. The molecule has 19 heavy (non-hydrogen) atoms. The van der Waals surface area contributed by atoms with Gasteiger partial charge in [0, 0.05) is 37.8 Å². The summed E-state index contributed by atoms with van der Waals surface area (Å²) in [4.78, 5) is 2.46. The van der Waals surface area contributed by atoms with E-state index in [-0.39, 0.29) is 11.8 Å². The number of unbranched alkanes of at least 4 members (excludes halogenated alkanes) is 1. The van der Waals surface area contributed by atoms with Crippen LogP contribution in [-0.2, 0) is 0 Å². The van der Waals surface area contributed by atoms with Gasteiger partial charge in [-0.3, -0.25) is 4.90 Å². The number of benzene rings is 1. The molecule has 0 amide bonds. The predicted molar refractivity (Wildman–Crippen MR) is 79.8 cm³/mol. The zero-order valence-electron chi connectivity index (χ0n) is 11.5. The molecule has 3 nitrogen and oxygen atoms in total. The smallest absolute Gasteiger partial charge is 0.138 e. The lowest BCUT2D eigenvalue weighted by Crippen LogP contribution is -2.45. The molecule has 1 aromatic rings. The molecular weight excluding hydrogens is 260 g/mol. The molecule has 106 valence electrons. The topological polar surface area (TPSA) is 35.5 Å². The minimum atomic E-state index is 0.254. The normalized spacial score (nSPS) is 18.4. The molecule has 1 saturated heterocycles. The number of hydrogen-bond acceptors (Lipinski definition) is 3. The van der Waals surface area contributed by atoms with Crippen molar-refractivity contribution in [3.8, 4) is 5.75 Å². The molecule has 1 heterocycles. The quantitative estimate of drug-likeness (QED) is 0.871. The summed E-state index contributed by atoms with van der Waals surface area (Å²) < 4.78 is 0. The van der Waals surface area contributed by atoms with Crippen molar-refractivity contribution in [1.82, 2.24) is 10.2 Å². The Morgan fingerprint density at radius 2 is 2.11 bits per heavy atom. The number of halogens is 1. The van der Waals surface area contributed by atoms with E-state index in [4.69, 9.17) is 11.6 Å². The van der Waals surface area contributed by atoms with E-state index in [2.05, 4.69) is 17.1 Å². The molecule has 2 N–H and O–H groups in total. The van der Waals surface area contributed by atoms with E-state index in [0.29, 0.717) is 5.02 Å². The zero-order chi connectivity index (χ0) is 13.7. The second kappa shape index (κ2) is 7.13. The fourth-order valence-corrected chi connectivity index (χ4v) is 2.91. The molecule has 0 bridgehead atoms. The largest absolute Gasteiger partial charge is 0.506 e. The molecule has 2 rings (SSSR count). The van der Waals surface area contributed by atoms with Gasteiger partial charge in [-0.25, -0.2) is 0 Å². The number of phenols is 1. The van der Waals surface area contributed by atoms with Gasteiger partial charge in [0.2, 0.25) is 0 Å². The lowest BCUT2D eigenvalue weighted by atomic mass is 9.98. The van der Waals surface area contributed by atoms with Crippen LogP contribution in [0, 0.1) is 0 Å². The van der Waals surface area contributed by atoms with E-state index in [0.717, 1.165) is 38.2 Å². The number of para-hydroxylation sites is 1. The van der Waals surface area contributed by atoms with Crippen molar-refractivity contribution >= 4 is 11.6 Å². The highest BCUT2D eigenvalue weighted by Gasteiger charge is 2.24. The summed E-state index contributed by atoms with van der Waals surface area (Å²) in [7, 11) is 0. The number of nitrogens with zero attached hydrogens (tertiary/aromatic N) is 1. The van der Waals surface area contributed by atoms with Crippen LogP contribution in [-0.4, -0.2) is 36.2 Å². The second-order valence-corrected chi connectivity index (χ2v) is 5.53. The Balaban J connectivity index is 2.22. The first-order valence-electron chi connectivity index (χ1n) is 7.16. The monoisotopic (exact) mass is 282 g/mol. The van der Waals surface area contributed by atoms with E-state index < -0.39 is 0 Å². The third-order valence-electron chi connectivity index (χ3n) is 3.80. The van der Waals surface area contributed by atoms with Gasteiger partial charge in [-0.15, -0.1) is 0 Å². The Bertz CT molecular complexity index is 405. The van der Waals surface area contributed by atoms with Crippen molar-refractivity contribution in [3.05, 3.63) is 28.8 Å². The predicted octanol–water partition coefficient (Wildman–Crippen LogP) is 3.18. The number of nitrogens with one attached hydrogen (secondary N) is 1. The SMILES string of the molecule is CCCC[C@@H](c1cccc(Cl)c1O)N1CCNCC1. The first-order chi connectivity index (χ1) is 9.24. The number of phenolic OH excluding ortho intramolecular Hbond substituents is 1. The Kier molecular flexibility index (Phi) is 5.49. The third kappa shape index (κ3) is 3.62. The number of hydrogen-bond donors (Lipinski definition) is 2. The number of piperazine rings is 1. The van der Waals surface area contributed by atoms with Crippen LogP contribution in [0.4, 0.5) is 0 Å². The molecule has 1 atom stereocenters. The standard InChI is InChI=1S/C15H23ClN2O/c1-2-3-7-14(18-10-8-17-9-11-18)12-5-4-6-13(16)15(12)19/h4-6,14,17,19H,2-3,7-11H2,1H3/t14-/m0/s1. The Labute approximate surface area is 120 Å². The Morgan fingerprint density at radius 1 is 1.37 bits per heavy atom. The molecule has 0 aromatic heterocycles. The highest BCUT2D eigenvalue weighted by atomic mass is 35.5. The van der Waals surface area contributed by atoms with Crippen molar-refractivity contribution in [2.75, 3.05) is 26.2 Å². The molecule has 0 aliphatic carbocycles. The van der Waals surface area contributed by atoms with E-state index in [9.17, 15) is 5.11 Å². The summed E-state index contributed by atoms with van der Waals surface area (Å²) in [5.74, 6) is 0.254. The lowest BCUT2D eigenvalue weighted by molar-refractivity contribution is 0.160. The molecular formula is C15H23ClN2O. The van der Waals surface area contributed by atoms with Gasteiger partial charge < -0.3 is 10.4 Å². The lowest BCUT2D eigenvalue weighted by Gasteiger charge is -2.35. The van der Waals surface area contributed by atoms with Crippen LogP contribution in [0.2, 0.25) is 5.02 Å². The van der Waals surface area contributed by atoms with Crippen LogP contribution in [0.1, 0.15) is 37.8 Å². The first kappa shape index (κ1) is 14.6. The van der Waals surface area contributed by atoms with E-state index in [1.54, 1.807) is 6.07 Å². The fourth-order valence-electron chi connectivity index (χ4n) is 2.73. The summed E-state index contributed by atoms with van der Waals surface area (Å²) in [6.45, 7) is 6.29. The van der Waals surface area contributed by atoms with E-state index in [1.807, 2.05) is 12.1 Å². The molecule has 4 heteroatoms. The van der Waals surface area contributed by atoms with Crippen molar-refractivity contribution in [2.45, 2.75) is 32.2 Å². The van der Waals surface area contributed by atoms with E-state index >= 15 is 0 Å². The average Bonchev–Trinajstić information content (AvgIpc) is 2.45. The van der Waals surface area contributed by atoms with Crippen LogP contribution < -0.4 is 5.32 Å². The van der Waals surface area contributed by atoms with Gasteiger partial charge in [0.25, 0.3) is 0 Å². The van der Waals surface area contributed by atoms with Crippen LogP contribution in [0.15, 0.2) is 18.2 Å². The fraction of sp³-hybridized carbons (Fsp3) is 0.600. The van der Waals surface area contributed by atoms with Crippen LogP contribution >= 0.6 is 11.6 Å². The van der Waals surface area contributed by atoms with E-state index in [1.165, 1.54) is 12.8 Å². The first-order valence-corrected chi connectivity index (χ1v) is 7.54. The van der Waals surface area contributed by atoms with Gasteiger partial charge in [-0.1, -0.05) is 43.5 Å². The maximum absolute atomic E-state index is 10.2. The molecule has 1 aromatic carbocycles. The van der Waals surface area contributed by atoms with Crippen LogP contribution in [0.3, 0.4) is 0 Å². The van der Waals surface area contributed by atoms with Gasteiger partial charge in [0.1, 0.15) is 5.75 Å². The third-order valence-corrected chi connectivity index (χ3v) is 4.11. The van der Waals surface area contributed by atoms with Gasteiger partial charge in [0.05, 0.1) is 5.02 Å². The minimum absolute atomic E-state index is 0.254.